The van der Waals surface area contributed by atoms with Crippen LogP contribution in [-0.2, 0) is 4.74 Å². The molecule has 2 saturated heterocycles. The number of rotatable bonds is 4. The summed E-state index contributed by atoms with van der Waals surface area (Å²) in [6, 6.07) is 9.03. The van der Waals surface area contributed by atoms with E-state index in [2.05, 4.69) is 58.5 Å². The second-order valence-corrected chi connectivity index (χ2v) is 9.28. The summed E-state index contributed by atoms with van der Waals surface area (Å²) < 4.78 is 11.1. The number of benzene rings is 1. The molecular formula is C24H31N5O2. The van der Waals surface area contributed by atoms with Gasteiger partial charge in [0.05, 0.1) is 11.1 Å². The third-order valence-electron chi connectivity index (χ3n) is 6.65. The molecule has 164 valence electrons. The van der Waals surface area contributed by atoms with E-state index in [1.807, 2.05) is 6.92 Å². The van der Waals surface area contributed by atoms with Crippen LogP contribution in [0.5, 0.6) is 0 Å². The lowest BCUT2D eigenvalue weighted by atomic mass is 9.90. The summed E-state index contributed by atoms with van der Waals surface area (Å²) in [6.07, 6.45) is 4.35. The van der Waals surface area contributed by atoms with Crippen molar-refractivity contribution in [3.8, 4) is 11.5 Å². The zero-order chi connectivity index (χ0) is 21.4. The van der Waals surface area contributed by atoms with Gasteiger partial charge in [0.1, 0.15) is 5.82 Å². The van der Waals surface area contributed by atoms with Crippen molar-refractivity contribution < 1.29 is 9.26 Å². The molecule has 0 aliphatic carbocycles. The molecule has 0 radical (unpaired) electrons. The third kappa shape index (κ3) is 4.29. The highest BCUT2D eigenvalue weighted by Crippen LogP contribution is 2.34. The molecule has 2 aromatic heterocycles. The minimum absolute atomic E-state index is 0.191. The van der Waals surface area contributed by atoms with Gasteiger partial charge in [-0.1, -0.05) is 16.8 Å². The number of pyridine rings is 1. The largest absolute Gasteiger partial charge is 0.381 e. The predicted octanol–water partition coefficient (Wildman–Crippen LogP) is 4.03. The van der Waals surface area contributed by atoms with Gasteiger partial charge >= 0.3 is 0 Å². The van der Waals surface area contributed by atoms with E-state index in [0.717, 1.165) is 74.3 Å². The van der Waals surface area contributed by atoms with Gasteiger partial charge in [0, 0.05) is 43.3 Å². The number of hydrogen-bond donors (Lipinski definition) is 1. The molecule has 0 bridgehead atoms. The van der Waals surface area contributed by atoms with E-state index in [0.29, 0.717) is 17.8 Å². The number of fused-ring (bicyclic) bond motifs is 1. The average molecular weight is 422 g/mol. The highest BCUT2D eigenvalue weighted by atomic mass is 16.5. The Morgan fingerprint density at radius 2 is 1.84 bits per heavy atom. The minimum Gasteiger partial charge on any atom is -0.381 e. The number of anilines is 1. The standard InChI is InChI=1S/C24H31N5O2/c1-16-4-5-21-18(14-16)15-20(23-25-17(2)28-31-23)22(26-21)29-10-6-19(7-11-29)27-24(3)8-12-30-13-9-24/h4-5,14-15,19,27H,6-13H2,1-3H3. The molecule has 2 aliphatic rings. The van der Waals surface area contributed by atoms with Crippen LogP contribution in [0.25, 0.3) is 22.4 Å². The van der Waals surface area contributed by atoms with Gasteiger partial charge in [0.25, 0.3) is 5.89 Å². The third-order valence-corrected chi connectivity index (χ3v) is 6.65. The zero-order valence-electron chi connectivity index (χ0n) is 18.6. The summed E-state index contributed by atoms with van der Waals surface area (Å²) in [7, 11) is 0. The van der Waals surface area contributed by atoms with Gasteiger partial charge in [0.2, 0.25) is 0 Å². The fourth-order valence-electron chi connectivity index (χ4n) is 4.79. The number of aromatic nitrogens is 3. The lowest BCUT2D eigenvalue weighted by molar-refractivity contribution is 0.0391. The Bertz CT molecular complexity index is 1070. The van der Waals surface area contributed by atoms with Crippen LogP contribution in [0, 0.1) is 13.8 Å². The lowest BCUT2D eigenvalue weighted by Crippen LogP contribution is -2.54. The molecular weight excluding hydrogens is 390 g/mol. The van der Waals surface area contributed by atoms with Gasteiger partial charge in [0.15, 0.2) is 5.82 Å². The Hall–Kier alpha value is -2.51. The summed E-state index contributed by atoms with van der Waals surface area (Å²) in [4.78, 5) is 11.9. The molecule has 0 saturated carbocycles. The van der Waals surface area contributed by atoms with Crippen molar-refractivity contribution >= 4 is 16.7 Å². The number of hydrogen-bond acceptors (Lipinski definition) is 7. The average Bonchev–Trinajstić information content (AvgIpc) is 3.20. The fraction of sp³-hybridized carbons (Fsp3) is 0.542. The predicted molar refractivity (Wildman–Crippen MR) is 121 cm³/mol. The van der Waals surface area contributed by atoms with Crippen molar-refractivity contribution in [3.05, 3.63) is 35.7 Å². The lowest BCUT2D eigenvalue weighted by Gasteiger charge is -2.41. The Morgan fingerprint density at radius 3 is 2.55 bits per heavy atom. The molecule has 31 heavy (non-hydrogen) atoms. The maximum Gasteiger partial charge on any atom is 0.261 e. The fourth-order valence-corrected chi connectivity index (χ4v) is 4.79. The topological polar surface area (TPSA) is 76.3 Å². The molecule has 0 unspecified atom stereocenters. The van der Waals surface area contributed by atoms with Crippen molar-refractivity contribution in [2.24, 2.45) is 0 Å². The van der Waals surface area contributed by atoms with Crippen LogP contribution >= 0.6 is 0 Å². The van der Waals surface area contributed by atoms with Crippen molar-refractivity contribution in [3.63, 3.8) is 0 Å². The number of nitrogens with one attached hydrogen (secondary N) is 1. The highest BCUT2D eigenvalue weighted by Gasteiger charge is 2.32. The van der Waals surface area contributed by atoms with Gasteiger partial charge in [-0.2, -0.15) is 4.98 Å². The smallest absolute Gasteiger partial charge is 0.261 e. The molecule has 0 amide bonds. The van der Waals surface area contributed by atoms with Gasteiger partial charge in [-0.25, -0.2) is 4.98 Å². The van der Waals surface area contributed by atoms with Crippen LogP contribution in [-0.4, -0.2) is 53.0 Å². The minimum atomic E-state index is 0.191. The van der Waals surface area contributed by atoms with Crippen LogP contribution in [0.15, 0.2) is 28.8 Å². The van der Waals surface area contributed by atoms with Crippen molar-refractivity contribution in [1.82, 2.24) is 20.4 Å². The summed E-state index contributed by atoms with van der Waals surface area (Å²) in [6.45, 7) is 9.90. The van der Waals surface area contributed by atoms with Crippen LogP contribution in [0.3, 0.4) is 0 Å². The van der Waals surface area contributed by atoms with E-state index >= 15 is 0 Å². The van der Waals surface area contributed by atoms with Crippen molar-refractivity contribution in [1.29, 1.82) is 0 Å². The van der Waals surface area contributed by atoms with E-state index in [-0.39, 0.29) is 5.54 Å². The van der Waals surface area contributed by atoms with Gasteiger partial charge in [-0.05, 0) is 64.7 Å². The molecule has 1 aromatic carbocycles. The first-order valence-corrected chi connectivity index (χ1v) is 11.3. The molecule has 4 heterocycles. The van der Waals surface area contributed by atoms with E-state index < -0.39 is 0 Å². The van der Waals surface area contributed by atoms with E-state index in [4.69, 9.17) is 14.2 Å². The van der Waals surface area contributed by atoms with Gasteiger partial charge in [-0.15, -0.1) is 0 Å². The Labute approximate surface area is 183 Å². The quantitative estimate of drug-likeness (QED) is 0.681. The van der Waals surface area contributed by atoms with Gasteiger partial charge < -0.3 is 19.5 Å². The first kappa shape index (κ1) is 20.4. The molecule has 7 nitrogen and oxygen atoms in total. The SMILES string of the molecule is Cc1ccc2nc(N3CCC(NC4(C)CCOCC4)CC3)c(-c3nc(C)no3)cc2c1. The highest BCUT2D eigenvalue weighted by molar-refractivity contribution is 5.88. The Balaban J connectivity index is 1.40. The molecule has 1 N–H and O–H groups in total. The van der Waals surface area contributed by atoms with Crippen molar-refractivity contribution in [2.45, 2.75) is 58.0 Å². The molecule has 5 rings (SSSR count). The molecule has 0 spiro atoms. The van der Waals surface area contributed by atoms with Crippen LogP contribution in [0.1, 0.15) is 44.0 Å². The number of piperidine rings is 1. The van der Waals surface area contributed by atoms with E-state index in [1.54, 1.807) is 0 Å². The summed E-state index contributed by atoms with van der Waals surface area (Å²) in [5.74, 6) is 2.12. The van der Waals surface area contributed by atoms with Crippen LogP contribution in [0.2, 0.25) is 0 Å². The Kier molecular flexibility index (Phi) is 5.40. The Morgan fingerprint density at radius 1 is 1.06 bits per heavy atom. The molecule has 2 aliphatic heterocycles. The normalized spacial score (nSPS) is 19.8. The maximum atomic E-state index is 5.55. The molecule has 3 aromatic rings. The molecule has 2 fully saturated rings. The number of ether oxygens (including phenoxy) is 1. The summed E-state index contributed by atoms with van der Waals surface area (Å²) >= 11 is 0. The van der Waals surface area contributed by atoms with Crippen LogP contribution < -0.4 is 10.2 Å². The van der Waals surface area contributed by atoms with Crippen molar-refractivity contribution in [2.75, 3.05) is 31.2 Å². The van der Waals surface area contributed by atoms with Crippen LogP contribution in [0.4, 0.5) is 5.82 Å². The monoisotopic (exact) mass is 421 g/mol. The zero-order valence-corrected chi connectivity index (χ0v) is 18.6. The van der Waals surface area contributed by atoms with Gasteiger partial charge in [-0.3, -0.25) is 0 Å². The van der Waals surface area contributed by atoms with E-state index in [1.165, 1.54) is 5.56 Å². The number of aryl methyl sites for hydroxylation is 2. The second kappa shape index (κ2) is 8.20. The molecule has 0 atom stereocenters. The second-order valence-electron chi connectivity index (χ2n) is 9.28. The molecule has 7 heteroatoms. The summed E-state index contributed by atoms with van der Waals surface area (Å²) in [5, 5.41) is 9.03. The maximum absolute atomic E-state index is 5.55. The first-order valence-electron chi connectivity index (χ1n) is 11.3. The van der Waals surface area contributed by atoms with E-state index in [9.17, 15) is 0 Å². The first-order chi connectivity index (χ1) is 15.0. The number of nitrogens with zero attached hydrogens (tertiary/aromatic N) is 4. The summed E-state index contributed by atoms with van der Waals surface area (Å²) in [5.41, 5.74) is 3.32.